The normalized spacial score (nSPS) is 11.4. The summed E-state index contributed by atoms with van der Waals surface area (Å²) in [4.78, 5) is 11.8. The van der Waals surface area contributed by atoms with Crippen molar-refractivity contribution in [2.24, 2.45) is 0 Å². The first-order valence-electron chi connectivity index (χ1n) is 5.91. The molecule has 2 aromatic rings. The van der Waals surface area contributed by atoms with Gasteiger partial charge in [0.25, 0.3) is 11.1 Å². The monoisotopic (exact) mass is 353 g/mol. The number of nitrogens with zero attached hydrogens (tertiary/aromatic N) is 2. The molecule has 120 valence electrons. The standard InChI is InChI=1S/C11H10F3N3O3S2/c12-11(13,14)6-19-9(18)15-3-5-22-10-17-16-8(20-10)7-2-1-4-21-7/h1-2,4H,3,5-6H2,(H,15,18). The first-order valence-corrected chi connectivity index (χ1v) is 7.78. The van der Waals surface area contributed by atoms with Gasteiger partial charge in [0.05, 0.1) is 4.88 Å². The number of halogens is 3. The fourth-order valence-electron chi connectivity index (χ4n) is 1.26. The molecule has 2 heterocycles. The predicted molar refractivity (Wildman–Crippen MR) is 73.7 cm³/mol. The highest BCUT2D eigenvalue weighted by Crippen LogP contribution is 2.26. The van der Waals surface area contributed by atoms with Gasteiger partial charge in [-0.15, -0.1) is 21.5 Å². The summed E-state index contributed by atoms with van der Waals surface area (Å²) >= 11 is 2.63. The average molecular weight is 353 g/mol. The second-order valence-electron chi connectivity index (χ2n) is 3.82. The van der Waals surface area contributed by atoms with Gasteiger partial charge in [-0.3, -0.25) is 0 Å². The SMILES string of the molecule is O=C(NCCSc1nnc(-c2cccs2)o1)OCC(F)(F)F. The largest absolute Gasteiger partial charge is 0.440 e. The van der Waals surface area contributed by atoms with Crippen LogP contribution < -0.4 is 5.32 Å². The van der Waals surface area contributed by atoms with Crippen LogP contribution in [0.15, 0.2) is 27.2 Å². The van der Waals surface area contributed by atoms with Gasteiger partial charge in [-0.2, -0.15) is 13.2 Å². The van der Waals surface area contributed by atoms with Crippen molar-refractivity contribution in [2.75, 3.05) is 18.9 Å². The highest BCUT2D eigenvalue weighted by molar-refractivity contribution is 7.99. The number of thiophene rings is 1. The summed E-state index contributed by atoms with van der Waals surface area (Å²) in [6.07, 6.45) is -5.66. The van der Waals surface area contributed by atoms with Crippen LogP contribution in [0.1, 0.15) is 0 Å². The number of amides is 1. The quantitative estimate of drug-likeness (QED) is 0.635. The molecule has 1 N–H and O–H groups in total. The topological polar surface area (TPSA) is 77.3 Å². The number of carbonyl (C=O) groups is 1. The summed E-state index contributed by atoms with van der Waals surface area (Å²) in [6.45, 7) is -1.50. The minimum Gasteiger partial charge on any atom is -0.440 e. The maximum atomic E-state index is 11.8. The van der Waals surface area contributed by atoms with E-state index in [-0.39, 0.29) is 6.54 Å². The highest BCUT2D eigenvalue weighted by Gasteiger charge is 2.29. The number of hydrogen-bond donors (Lipinski definition) is 1. The number of aromatic nitrogens is 2. The molecule has 6 nitrogen and oxygen atoms in total. The van der Waals surface area contributed by atoms with Gasteiger partial charge in [0.2, 0.25) is 0 Å². The molecule has 11 heteroatoms. The van der Waals surface area contributed by atoms with Crippen molar-refractivity contribution in [3.63, 3.8) is 0 Å². The fourth-order valence-corrected chi connectivity index (χ4v) is 2.52. The van der Waals surface area contributed by atoms with Gasteiger partial charge in [-0.1, -0.05) is 17.8 Å². The third-order valence-corrected chi connectivity index (χ3v) is 3.78. The molecule has 0 radical (unpaired) electrons. The molecule has 0 saturated carbocycles. The van der Waals surface area contributed by atoms with Crippen LogP contribution in [-0.2, 0) is 4.74 Å². The van der Waals surface area contributed by atoms with E-state index in [1.807, 2.05) is 17.5 Å². The number of ether oxygens (including phenoxy) is 1. The smallest absolute Gasteiger partial charge is 0.422 e. The van der Waals surface area contributed by atoms with Crippen LogP contribution in [-0.4, -0.2) is 41.4 Å². The summed E-state index contributed by atoms with van der Waals surface area (Å²) in [6, 6.07) is 3.69. The lowest BCUT2D eigenvalue weighted by molar-refractivity contribution is -0.160. The van der Waals surface area contributed by atoms with Crippen LogP contribution in [0.4, 0.5) is 18.0 Å². The van der Waals surface area contributed by atoms with Crippen molar-refractivity contribution in [3.05, 3.63) is 17.5 Å². The Hall–Kier alpha value is -1.75. The molecule has 1 amide bonds. The van der Waals surface area contributed by atoms with E-state index >= 15 is 0 Å². The number of hydrogen-bond acceptors (Lipinski definition) is 7. The molecule has 0 spiro atoms. The lowest BCUT2D eigenvalue weighted by atomic mass is 10.5. The van der Waals surface area contributed by atoms with Gasteiger partial charge in [-0.05, 0) is 11.4 Å². The molecule has 22 heavy (non-hydrogen) atoms. The van der Waals surface area contributed by atoms with E-state index in [1.54, 1.807) is 0 Å². The van der Waals surface area contributed by atoms with Gasteiger partial charge < -0.3 is 14.5 Å². The van der Waals surface area contributed by atoms with Crippen LogP contribution in [0.5, 0.6) is 0 Å². The molecule has 2 aromatic heterocycles. The zero-order valence-electron chi connectivity index (χ0n) is 10.9. The average Bonchev–Trinajstić information content (AvgIpc) is 3.11. The van der Waals surface area contributed by atoms with Gasteiger partial charge in [0.1, 0.15) is 0 Å². The van der Waals surface area contributed by atoms with Crippen LogP contribution in [0.3, 0.4) is 0 Å². The van der Waals surface area contributed by atoms with Crippen molar-refractivity contribution < 1.29 is 27.1 Å². The summed E-state index contributed by atoms with van der Waals surface area (Å²) < 4.78 is 44.8. The molecule has 0 saturated heterocycles. The first-order chi connectivity index (χ1) is 10.4. The van der Waals surface area contributed by atoms with E-state index < -0.39 is 18.9 Å². The number of thioether (sulfide) groups is 1. The molecular weight excluding hydrogens is 343 g/mol. The molecular formula is C11H10F3N3O3S2. The molecule has 0 unspecified atom stereocenters. The maximum Gasteiger partial charge on any atom is 0.422 e. The summed E-state index contributed by atoms with van der Waals surface area (Å²) in [5.74, 6) is 0.753. The van der Waals surface area contributed by atoms with Crippen LogP contribution in [0, 0.1) is 0 Å². The number of nitrogens with one attached hydrogen (secondary N) is 1. The number of alkyl carbamates (subject to hydrolysis) is 1. The minimum atomic E-state index is -4.53. The Morgan fingerprint density at radius 1 is 1.45 bits per heavy atom. The third-order valence-electron chi connectivity index (χ3n) is 2.10. The van der Waals surface area contributed by atoms with E-state index in [1.165, 1.54) is 23.1 Å². The number of rotatable bonds is 6. The summed E-state index contributed by atoms with van der Waals surface area (Å²) in [7, 11) is 0. The van der Waals surface area contributed by atoms with Gasteiger partial charge >= 0.3 is 12.3 Å². The fraction of sp³-hybridized carbons (Fsp3) is 0.364. The van der Waals surface area contributed by atoms with Crippen LogP contribution in [0.2, 0.25) is 0 Å². The van der Waals surface area contributed by atoms with E-state index in [4.69, 9.17) is 4.42 Å². The minimum absolute atomic E-state index is 0.109. The van der Waals surface area contributed by atoms with E-state index in [2.05, 4.69) is 20.3 Å². The summed E-state index contributed by atoms with van der Waals surface area (Å²) in [5, 5.41) is 12.1. The van der Waals surface area contributed by atoms with E-state index in [0.29, 0.717) is 16.9 Å². The predicted octanol–water partition coefficient (Wildman–Crippen LogP) is 3.18. The molecule has 0 bridgehead atoms. The van der Waals surface area contributed by atoms with Crippen molar-refractivity contribution >= 4 is 29.2 Å². The van der Waals surface area contributed by atoms with Crippen molar-refractivity contribution in [2.45, 2.75) is 11.4 Å². The van der Waals surface area contributed by atoms with Gasteiger partial charge in [-0.25, -0.2) is 4.79 Å². The third kappa shape index (κ3) is 5.56. The van der Waals surface area contributed by atoms with Crippen molar-refractivity contribution in [1.82, 2.24) is 15.5 Å². The number of carbonyl (C=O) groups excluding carboxylic acids is 1. The van der Waals surface area contributed by atoms with Crippen LogP contribution >= 0.6 is 23.1 Å². The van der Waals surface area contributed by atoms with Gasteiger partial charge in [0.15, 0.2) is 6.61 Å². The molecule has 0 aromatic carbocycles. The Morgan fingerprint density at radius 3 is 2.95 bits per heavy atom. The Bertz CT molecular complexity index is 601. The van der Waals surface area contributed by atoms with E-state index in [9.17, 15) is 18.0 Å². The second-order valence-corrected chi connectivity index (χ2v) is 5.81. The lowest BCUT2D eigenvalue weighted by Gasteiger charge is -2.08. The van der Waals surface area contributed by atoms with Crippen LogP contribution in [0.25, 0.3) is 10.8 Å². The molecule has 0 aliphatic heterocycles. The number of alkyl halides is 3. The second kappa shape index (κ2) is 7.49. The van der Waals surface area contributed by atoms with Crippen molar-refractivity contribution in [3.8, 4) is 10.8 Å². The molecule has 0 aliphatic carbocycles. The molecule has 0 aliphatic rings. The zero-order valence-corrected chi connectivity index (χ0v) is 12.6. The zero-order chi connectivity index (χ0) is 16.0. The molecule has 0 fully saturated rings. The first kappa shape index (κ1) is 16.6. The van der Waals surface area contributed by atoms with E-state index in [0.717, 1.165) is 4.88 Å². The Kier molecular flexibility index (Phi) is 5.66. The highest BCUT2D eigenvalue weighted by atomic mass is 32.2. The van der Waals surface area contributed by atoms with Gasteiger partial charge in [0, 0.05) is 12.3 Å². The Labute approximate surface area is 131 Å². The maximum absolute atomic E-state index is 11.8. The Balaban J connectivity index is 1.66. The molecule has 0 atom stereocenters. The molecule has 2 rings (SSSR count). The van der Waals surface area contributed by atoms with Crippen molar-refractivity contribution in [1.29, 1.82) is 0 Å². The summed E-state index contributed by atoms with van der Waals surface area (Å²) in [5.41, 5.74) is 0. The lowest BCUT2D eigenvalue weighted by Crippen LogP contribution is -2.30. The Morgan fingerprint density at radius 2 is 2.27 bits per heavy atom.